The molecule has 1 aromatic heterocycles. The molecule has 29 heavy (non-hydrogen) atoms. The molecule has 3 rings (SSSR count). The number of aliphatic imine (C=N–C) groups is 1. The Labute approximate surface area is 174 Å². The van der Waals surface area contributed by atoms with Gasteiger partial charge < -0.3 is 20.4 Å². The number of guanidine groups is 1. The first-order valence-corrected chi connectivity index (χ1v) is 11.3. The monoisotopic (exact) mass is 403 g/mol. The van der Waals surface area contributed by atoms with Crippen LogP contribution < -0.4 is 16.0 Å². The van der Waals surface area contributed by atoms with E-state index in [4.69, 9.17) is 4.42 Å². The van der Waals surface area contributed by atoms with Crippen LogP contribution in [-0.4, -0.2) is 55.5 Å². The molecule has 1 aliphatic carbocycles. The Hall–Kier alpha value is -2.02. The minimum atomic E-state index is 0.00715. The van der Waals surface area contributed by atoms with Crippen LogP contribution in [0.3, 0.4) is 0 Å². The van der Waals surface area contributed by atoms with Crippen molar-refractivity contribution in [2.45, 2.75) is 70.4 Å². The predicted molar refractivity (Wildman–Crippen MR) is 116 cm³/mol. The first kappa shape index (κ1) is 21.7. The lowest BCUT2D eigenvalue weighted by Crippen LogP contribution is -2.45. The van der Waals surface area contributed by atoms with E-state index in [-0.39, 0.29) is 18.5 Å². The summed E-state index contributed by atoms with van der Waals surface area (Å²) in [5.74, 6) is 1.66. The number of rotatable bonds is 8. The van der Waals surface area contributed by atoms with Crippen molar-refractivity contribution in [1.29, 1.82) is 0 Å². The maximum Gasteiger partial charge on any atom is 0.242 e. The number of hydrogen-bond donors (Lipinski definition) is 3. The molecule has 0 spiro atoms. The Morgan fingerprint density at radius 2 is 1.93 bits per heavy atom. The number of nitrogens with zero attached hydrogens (tertiary/aromatic N) is 2. The molecule has 1 amide bonds. The van der Waals surface area contributed by atoms with Gasteiger partial charge in [-0.25, -0.2) is 4.99 Å². The van der Waals surface area contributed by atoms with Crippen molar-refractivity contribution < 1.29 is 9.21 Å². The van der Waals surface area contributed by atoms with Crippen LogP contribution in [0, 0.1) is 0 Å². The maximum absolute atomic E-state index is 12.3. The number of likely N-dealkylation sites (tertiary alicyclic amines) is 1. The van der Waals surface area contributed by atoms with E-state index in [1.54, 1.807) is 6.26 Å². The smallest absolute Gasteiger partial charge is 0.242 e. The molecule has 2 aliphatic rings. The summed E-state index contributed by atoms with van der Waals surface area (Å²) in [6.07, 6.45) is 11.4. The fraction of sp³-hybridized carbons (Fsp3) is 0.727. The molecule has 0 radical (unpaired) electrons. The molecule has 1 aliphatic heterocycles. The highest BCUT2D eigenvalue weighted by Crippen LogP contribution is 2.24. The summed E-state index contributed by atoms with van der Waals surface area (Å²) in [6.45, 7) is 5.82. The highest BCUT2D eigenvalue weighted by atomic mass is 16.3. The molecule has 2 heterocycles. The fourth-order valence-electron chi connectivity index (χ4n) is 4.33. The highest BCUT2D eigenvalue weighted by Gasteiger charge is 2.24. The minimum Gasteiger partial charge on any atom is -0.468 e. The normalized spacial score (nSPS) is 20.2. The Morgan fingerprint density at radius 3 is 2.62 bits per heavy atom. The molecule has 1 saturated carbocycles. The van der Waals surface area contributed by atoms with Crippen LogP contribution in [0.15, 0.2) is 27.8 Å². The molecule has 7 heteroatoms. The van der Waals surface area contributed by atoms with Gasteiger partial charge in [-0.15, -0.1) is 0 Å². The van der Waals surface area contributed by atoms with Crippen molar-refractivity contribution in [1.82, 2.24) is 20.9 Å². The molecule has 7 nitrogen and oxygen atoms in total. The summed E-state index contributed by atoms with van der Waals surface area (Å²) in [5.41, 5.74) is 0. The average Bonchev–Trinajstić information content (AvgIpc) is 3.28. The molecule has 1 atom stereocenters. The van der Waals surface area contributed by atoms with Gasteiger partial charge in [0.2, 0.25) is 5.91 Å². The zero-order valence-corrected chi connectivity index (χ0v) is 17.8. The lowest BCUT2D eigenvalue weighted by atomic mass is 9.95. The summed E-state index contributed by atoms with van der Waals surface area (Å²) in [6, 6.07) is 4.48. The number of amides is 1. The molecule has 1 saturated heterocycles. The maximum atomic E-state index is 12.3. The SMILES string of the molecule is CCNC(=NCC(=O)NC1CCCCC1)NCC(c1ccco1)N1CCCCC1. The van der Waals surface area contributed by atoms with Crippen molar-refractivity contribution in [3.8, 4) is 0 Å². The standard InChI is InChI=1S/C22H37N5O2/c1-2-23-22(25-17-21(28)26-18-10-5-3-6-11-18)24-16-19(20-12-9-15-29-20)27-13-7-4-8-14-27/h9,12,15,18-19H,2-8,10-11,13-14,16-17H2,1H3,(H,26,28)(H2,23,24,25). The van der Waals surface area contributed by atoms with Crippen LogP contribution in [-0.2, 0) is 4.79 Å². The van der Waals surface area contributed by atoms with Crippen LogP contribution in [0.25, 0.3) is 0 Å². The van der Waals surface area contributed by atoms with Crippen LogP contribution in [0.1, 0.15) is 70.1 Å². The van der Waals surface area contributed by atoms with E-state index in [1.165, 1.54) is 38.5 Å². The molecule has 162 valence electrons. The Balaban J connectivity index is 1.54. The van der Waals surface area contributed by atoms with Crippen LogP contribution in [0.5, 0.6) is 0 Å². The third kappa shape index (κ3) is 7.07. The Bertz CT molecular complexity index is 619. The average molecular weight is 404 g/mol. The molecule has 2 fully saturated rings. The van der Waals surface area contributed by atoms with Gasteiger partial charge in [-0.2, -0.15) is 0 Å². The van der Waals surface area contributed by atoms with E-state index >= 15 is 0 Å². The lowest BCUT2D eigenvalue weighted by Gasteiger charge is -2.33. The van der Waals surface area contributed by atoms with E-state index in [0.717, 1.165) is 38.2 Å². The van der Waals surface area contributed by atoms with E-state index in [0.29, 0.717) is 18.5 Å². The summed E-state index contributed by atoms with van der Waals surface area (Å²) >= 11 is 0. The summed E-state index contributed by atoms with van der Waals surface area (Å²) in [4.78, 5) is 19.3. The van der Waals surface area contributed by atoms with Gasteiger partial charge in [0.25, 0.3) is 0 Å². The Morgan fingerprint density at radius 1 is 1.17 bits per heavy atom. The summed E-state index contributed by atoms with van der Waals surface area (Å²) < 4.78 is 5.72. The van der Waals surface area contributed by atoms with E-state index in [2.05, 4.69) is 25.8 Å². The third-order valence-corrected chi connectivity index (χ3v) is 5.86. The van der Waals surface area contributed by atoms with E-state index < -0.39 is 0 Å². The second-order valence-electron chi connectivity index (χ2n) is 8.11. The van der Waals surface area contributed by atoms with Gasteiger partial charge >= 0.3 is 0 Å². The zero-order chi connectivity index (χ0) is 20.3. The molecule has 1 unspecified atom stereocenters. The van der Waals surface area contributed by atoms with Gasteiger partial charge in [0.1, 0.15) is 12.3 Å². The number of nitrogens with one attached hydrogen (secondary N) is 3. The quantitative estimate of drug-likeness (QED) is 0.459. The van der Waals surface area contributed by atoms with Crippen molar-refractivity contribution in [2.75, 3.05) is 32.7 Å². The van der Waals surface area contributed by atoms with Gasteiger partial charge in [0, 0.05) is 19.1 Å². The van der Waals surface area contributed by atoms with Gasteiger partial charge in [0.05, 0.1) is 12.3 Å². The number of carbonyl (C=O) groups excluding carboxylic acids is 1. The molecule has 3 N–H and O–H groups in total. The molecule has 1 aromatic rings. The van der Waals surface area contributed by atoms with Crippen LogP contribution in [0.4, 0.5) is 0 Å². The van der Waals surface area contributed by atoms with Gasteiger partial charge in [-0.3, -0.25) is 9.69 Å². The van der Waals surface area contributed by atoms with Crippen LogP contribution in [0.2, 0.25) is 0 Å². The number of piperidine rings is 1. The topological polar surface area (TPSA) is 81.9 Å². The van der Waals surface area contributed by atoms with Crippen molar-refractivity contribution in [3.63, 3.8) is 0 Å². The summed E-state index contributed by atoms with van der Waals surface area (Å²) in [7, 11) is 0. The predicted octanol–water partition coefficient (Wildman–Crippen LogP) is 2.81. The van der Waals surface area contributed by atoms with Crippen molar-refractivity contribution >= 4 is 11.9 Å². The van der Waals surface area contributed by atoms with Gasteiger partial charge in [0.15, 0.2) is 5.96 Å². The fourth-order valence-corrected chi connectivity index (χ4v) is 4.33. The molecular weight excluding hydrogens is 366 g/mol. The van der Waals surface area contributed by atoms with E-state index in [1.807, 2.05) is 19.1 Å². The molecule has 0 bridgehead atoms. The first-order chi connectivity index (χ1) is 14.3. The first-order valence-electron chi connectivity index (χ1n) is 11.3. The van der Waals surface area contributed by atoms with Gasteiger partial charge in [-0.05, 0) is 57.8 Å². The number of carbonyl (C=O) groups is 1. The second kappa shape index (κ2) is 11.9. The third-order valence-electron chi connectivity index (χ3n) is 5.86. The lowest BCUT2D eigenvalue weighted by molar-refractivity contribution is -0.120. The largest absolute Gasteiger partial charge is 0.468 e. The summed E-state index contributed by atoms with van der Waals surface area (Å²) in [5, 5.41) is 9.81. The second-order valence-corrected chi connectivity index (χ2v) is 8.11. The van der Waals surface area contributed by atoms with E-state index in [9.17, 15) is 4.79 Å². The minimum absolute atomic E-state index is 0.00715. The zero-order valence-electron chi connectivity index (χ0n) is 17.8. The molecule has 0 aromatic carbocycles. The number of hydrogen-bond acceptors (Lipinski definition) is 4. The molecular formula is C22H37N5O2. The Kier molecular flexibility index (Phi) is 8.86. The van der Waals surface area contributed by atoms with Crippen molar-refractivity contribution in [2.24, 2.45) is 4.99 Å². The van der Waals surface area contributed by atoms with Crippen molar-refractivity contribution in [3.05, 3.63) is 24.2 Å². The van der Waals surface area contributed by atoms with Gasteiger partial charge in [-0.1, -0.05) is 25.7 Å². The highest BCUT2D eigenvalue weighted by molar-refractivity contribution is 5.85. The van der Waals surface area contributed by atoms with Crippen LogP contribution >= 0.6 is 0 Å². The number of furan rings is 1.